The summed E-state index contributed by atoms with van der Waals surface area (Å²) >= 11 is 1.38. The Morgan fingerprint density at radius 3 is 2.93 bits per heavy atom. The molecule has 1 aliphatic carbocycles. The van der Waals surface area contributed by atoms with Crippen LogP contribution < -0.4 is 15.8 Å². The lowest BCUT2D eigenvalue weighted by Gasteiger charge is -2.12. The number of methoxy groups -OCH3 is 1. The van der Waals surface area contributed by atoms with Gasteiger partial charge < -0.3 is 15.8 Å². The van der Waals surface area contributed by atoms with E-state index in [0.717, 1.165) is 10.9 Å². The van der Waals surface area contributed by atoms with Gasteiger partial charge in [-0.25, -0.2) is 0 Å². The predicted octanol–water partition coefficient (Wildman–Crippen LogP) is 2.33. The normalized spacial score (nSPS) is 25.5. The van der Waals surface area contributed by atoms with E-state index in [9.17, 15) is 0 Å². The van der Waals surface area contributed by atoms with E-state index in [-0.39, 0.29) is 0 Å². The second kappa shape index (κ2) is 4.26. The first-order valence-electron chi connectivity index (χ1n) is 5.26. The van der Waals surface area contributed by atoms with Crippen molar-refractivity contribution >= 4 is 22.4 Å². The molecule has 15 heavy (non-hydrogen) atoms. The van der Waals surface area contributed by atoms with Crippen molar-refractivity contribution in [1.82, 2.24) is 4.37 Å². The van der Waals surface area contributed by atoms with Crippen molar-refractivity contribution in [2.45, 2.75) is 32.2 Å². The molecule has 3 N–H and O–H groups in total. The average Bonchev–Trinajstić information content (AvgIpc) is 2.75. The molecule has 1 aromatic heterocycles. The van der Waals surface area contributed by atoms with Gasteiger partial charge in [-0.1, -0.05) is 6.92 Å². The molecule has 84 valence electrons. The Morgan fingerprint density at radius 1 is 1.53 bits per heavy atom. The third-order valence-corrected chi connectivity index (χ3v) is 3.68. The maximum atomic E-state index is 5.69. The molecule has 1 saturated carbocycles. The summed E-state index contributed by atoms with van der Waals surface area (Å²) in [5, 5.41) is 4.43. The summed E-state index contributed by atoms with van der Waals surface area (Å²) in [4.78, 5) is 0. The minimum atomic E-state index is 0.482. The highest BCUT2D eigenvalue weighted by atomic mass is 32.1. The molecule has 0 saturated heterocycles. The van der Waals surface area contributed by atoms with E-state index < -0.39 is 0 Å². The smallest absolute Gasteiger partial charge is 0.197 e. The van der Waals surface area contributed by atoms with Crippen LogP contribution in [0.1, 0.15) is 26.2 Å². The van der Waals surface area contributed by atoms with E-state index >= 15 is 0 Å². The molecular weight excluding hydrogens is 210 g/mol. The fraction of sp³-hybridized carbons (Fsp3) is 0.700. The number of nitrogens with zero attached hydrogens (tertiary/aromatic N) is 1. The zero-order valence-corrected chi connectivity index (χ0v) is 9.93. The van der Waals surface area contributed by atoms with Crippen LogP contribution in [-0.4, -0.2) is 17.5 Å². The number of ether oxygens (including phenoxy) is 1. The zero-order chi connectivity index (χ0) is 10.8. The highest BCUT2D eigenvalue weighted by Gasteiger charge is 2.23. The Kier molecular flexibility index (Phi) is 3.00. The Bertz CT molecular complexity index is 339. The number of anilines is 2. The summed E-state index contributed by atoms with van der Waals surface area (Å²) in [5.74, 6) is 1.99. The van der Waals surface area contributed by atoms with Gasteiger partial charge in [0.25, 0.3) is 0 Å². The standard InChI is InChI=1S/C10H17N3OS/c1-6-3-4-7(5-6)12-10-8(14-2)9(11)13-15-10/h6-7,12H,3-5H2,1-2H3,(H2,11,13). The van der Waals surface area contributed by atoms with Crippen LogP contribution in [0.2, 0.25) is 0 Å². The van der Waals surface area contributed by atoms with Crippen molar-refractivity contribution in [3.8, 4) is 5.75 Å². The molecule has 4 nitrogen and oxygen atoms in total. The van der Waals surface area contributed by atoms with E-state index in [1.807, 2.05) is 0 Å². The SMILES string of the molecule is COc1c(N)nsc1NC1CCC(C)C1. The minimum absolute atomic E-state index is 0.482. The molecule has 1 heterocycles. The molecule has 0 bridgehead atoms. The van der Waals surface area contributed by atoms with Crippen LogP contribution in [0, 0.1) is 5.92 Å². The highest BCUT2D eigenvalue weighted by molar-refractivity contribution is 7.11. The largest absolute Gasteiger partial charge is 0.490 e. The van der Waals surface area contributed by atoms with Crippen molar-refractivity contribution in [2.24, 2.45) is 5.92 Å². The van der Waals surface area contributed by atoms with Crippen LogP contribution in [-0.2, 0) is 0 Å². The lowest BCUT2D eigenvalue weighted by Crippen LogP contribution is -2.14. The summed E-state index contributed by atoms with van der Waals surface area (Å²) in [6.07, 6.45) is 3.75. The van der Waals surface area contributed by atoms with Gasteiger partial charge in [0.15, 0.2) is 16.6 Å². The lowest BCUT2D eigenvalue weighted by atomic mass is 10.1. The van der Waals surface area contributed by atoms with Crippen molar-refractivity contribution in [3.05, 3.63) is 0 Å². The number of nitrogen functional groups attached to an aromatic ring is 1. The van der Waals surface area contributed by atoms with Crippen molar-refractivity contribution < 1.29 is 4.74 Å². The van der Waals surface area contributed by atoms with Crippen LogP contribution in [0.15, 0.2) is 0 Å². The molecule has 2 atom stereocenters. The summed E-state index contributed by atoms with van der Waals surface area (Å²) in [6, 6.07) is 0.550. The van der Waals surface area contributed by atoms with E-state index in [2.05, 4.69) is 16.6 Å². The third kappa shape index (κ3) is 2.17. The van der Waals surface area contributed by atoms with Gasteiger partial charge in [-0.05, 0) is 36.7 Å². The van der Waals surface area contributed by atoms with Gasteiger partial charge in [0.2, 0.25) is 0 Å². The van der Waals surface area contributed by atoms with E-state index in [1.165, 1.54) is 30.8 Å². The van der Waals surface area contributed by atoms with Gasteiger partial charge in [0.1, 0.15) is 0 Å². The van der Waals surface area contributed by atoms with Crippen LogP contribution in [0.25, 0.3) is 0 Å². The van der Waals surface area contributed by atoms with Crippen molar-refractivity contribution in [2.75, 3.05) is 18.2 Å². The lowest BCUT2D eigenvalue weighted by molar-refractivity contribution is 0.419. The number of nitrogens with two attached hydrogens (primary N) is 1. The molecular formula is C10H17N3OS. The third-order valence-electron chi connectivity index (χ3n) is 2.91. The van der Waals surface area contributed by atoms with Gasteiger partial charge >= 0.3 is 0 Å². The number of aromatic nitrogens is 1. The Hall–Kier alpha value is -0.970. The Morgan fingerprint density at radius 2 is 2.33 bits per heavy atom. The molecule has 5 heteroatoms. The molecule has 1 aliphatic rings. The van der Waals surface area contributed by atoms with E-state index in [1.54, 1.807) is 7.11 Å². The van der Waals surface area contributed by atoms with Gasteiger partial charge in [-0.3, -0.25) is 0 Å². The monoisotopic (exact) mass is 227 g/mol. The minimum Gasteiger partial charge on any atom is -0.490 e. The average molecular weight is 227 g/mol. The first kappa shape index (κ1) is 10.5. The molecule has 1 fully saturated rings. The molecule has 0 spiro atoms. The highest BCUT2D eigenvalue weighted by Crippen LogP contribution is 2.37. The molecule has 0 aromatic carbocycles. The van der Waals surface area contributed by atoms with Gasteiger partial charge in [0.05, 0.1) is 7.11 Å². The second-order valence-electron chi connectivity index (χ2n) is 4.19. The fourth-order valence-corrected chi connectivity index (χ4v) is 2.87. The number of hydrogen-bond acceptors (Lipinski definition) is 5. The molecule has 1 aromatic rings. The van der Waals surface area contributed by atoms with Crippen LogP contribution in [0.3, 0.4) is 0 Å². The molecule has 0 radical (unpaired) electrons. The van der Waals surface area contributed by atoms with Gasteiger partial charge in [0, 0.05) is 6.04 Å². The summed E-state index contributed by atoms with van der Waals surface area (Å²) < 4.78 is 9.29. The fourth-order valence-electron chi connectivity index (χ4n) is 2.11. The number of hydrogen-bond donors (Lipinski definition) is 2. The van der Waals surface area contributed by atoms with Crippen LogP contribution >= 0.6 is 11.5 Å². The Labute approximate surface area is 94.0 Å². The van der Waals surface area contributed by atoms with Crippen LogP contribution in [0.4, 0.5) is 10.8 Å². The van der Waals surface area contributed by atoms with E-state index in [0.29, 0.717) is 17.6 Å². The topological polar surface area (TPSA) is 60.2 Å². The second-order valence-corrected chi connectivity index (χ2v) is 4.96. The first-order chi connectivity index (χ1) is 7.20. The maximum absolute atomic E-state index is 5.69. The summed E-state index contributed by atoms with van der Waals surface area (Å²) in [6.45, 7) is 2.29. The number of rotatable bonds is 3. The van der Waals surface area contributed by atoms with E-state index in [4.69, 9.17) is 10.5 Å². The van der Waals surface area contributed by atoms with Gasteiger partial charge in [-0.15, -0.1) is 0 Å². The van der Waals surface area contributed by atoms with Crippen molar-refractivity contribution in [1.29, 1.82) is 0 Å². The number of nitrogens with one attached hydrogen (secondary N) is 1. The predicted molar refractivity (Wildman–Crippen MR) is 63.5 cm³/mol. The first-order valence-corrected chi connectivity index (χ1v) is 6.03. The summed E-state index contributed by atoms with van der Waals surface area (Å²) in [7, 11) is 1.63. The molecule has 2 rings (SSSR count). The quantitative estimate of drug-likeness (QED) is 0.832. The molecule has 0 amide bonds. The zero-order valence-electron chi connectivity index (χ0n) is 9.12. The van der Waals surface area contributed by atoms with Crippen molar-refractivity contribution in [3.63, 3.8) is 0 Å². The summed E-state index contributed by atoms with van der Waals surface area (Å²) in [5.41, 5.74) is 5.69. The van der Waals surface area contributed by atoms with Gasteiger partial charge in [-0.2, -0.15) is 4.37 Å². The molecule has 0 aliphatic heterocycles. The molecule has 2 unspecified atom stereocenters. The van der Waals surface area contributed by atoms with Crippen LogP contribution in [0.5, 0.6) is 5.75 Å². The maximum Gasteiger partial charge on any atom is 0.197 e. The Balaban J connectivity index is 2.04.